The van der Waals surface area contributed by atoms with Gasteiger partial charge in [0.05, 0.1) is 6.04 Å². The summed E-state index contributed by atoms with van der Waals surface area (Å²) in [5.41, 5.74) is 5.79. The third-order valence-corrected chi connectivity index (χ3v) is 3.97. The van der Waals surface area contributed by atoms with Gasteiger partial charge in [0.1, 0.15) is 0 Å². The van der Waals surface area contributed by atoms with E-state index in [0.717, 1.165) is 39.1 Å². The first-order chi connectivity index (χ1) is 8.99. The Hall–Kier alpha value is -0.650. The lowest BCUT2D eigenvalue weighted by atomic mass is 10.1. The van der Waals surface area contributed by atoms with Crippen molar-refractivity contribution in [3.8, 4) is 0 Å². The van der Waals surface area contributed by atoms with E-state index in [2.05, 4.69) is 22.0 Å². The number of carbonyl (C=O) groups is 1. The second-order valence-electron chi connectivity index (χ2n) is 5.71. The van der Waals surface area contributed by atoms with Crippen molar-refractivity contribution >= 4 is 5.91 Å². The van der Waals surface area contributed by atoms with E-state index in [-0.39, 0.29) is 18.0 Å². The molecule has 1 amide bonds. The molecule has 0 aliphatic carbocycles. The quantitative estimate of drug-likeness (QED) is 0.726. The number of nitrogens with zero attached hydrogens (tertiary/aromatic N) is 2. The van der Waals surface area contributed by atoms with E-state index in [0.29, 0.717) is 6.04 Å². The van der Waals surface area contributed by atoms with Crippen molar-refractivity contribution in [2.45, 2.75) is 52.2 Å². The molecule has 5 nitrogen and oxygen atoms in total. The van der Waals surface area contributed by atoms with Gasteiger partial charge in [0.25, 0.3) is 0 Å². The van der Waals surface area contributed by atoms with Gasteiger partial charge >= 0.3 is 0 Å². The molecule has 0 spiro atoms. The molecule has 1 rings (SSSR count). The fourth-order valence-electron chi connectivity index (χ4n) is 2.63. The molecule has 0 radical (unpaired) electrons. The van der Waals surface area contributed by atoms with Crippen LogP contribution in [0.2, 0.25) is 0 Å². The maximum absolute atomic E-state index is 12.0. The van der Waals surface area contributed by atoms with Crippen LogP contribution in [0, 0.1) is 0 Å². The summed E-state index contributed by atoms with van der Waals surface area (Å²) in [5, 5.41) is 2.98. The maximum atomic E-state index is 12.0. The molecular weight excluding hydrogens is 240 g/mol. The van der Waals surface area contributed by atoms with Crippen molar-refractivity contribution in [3.05, 3.63) is 0 Å². The minimum Gasteiger partial charge on any atom is -0.353 e. The zero-order valence-corrected chi connectivity index (χ0v) is 12.9. The number of nitrogens with two attached hydrogens (primary N) is 1. The highest BCUT2D eigenvalue weighted by atomic mass is 16.2. The molecule has 2 atom stereocenters. The average Bonchev–Trinajstić information content (AvgIpc) is 2.39. The predicted octanol–water partition coefficient (Wildman–Crippen LogP) is 0.254. The summed E-state index contributed by atoms with van der Waals surface area (Å²) in [6.45, 7) is 12.8. The Morgan fingerprint density at radius 1 is 1.16 bits per heavy atom. The third-order valence-electron chi connectivity index (χ3n) is 3.97. The van der Waals surface area contributed by atoms with Crippen LogP contribution in [0.5, 0.6) is 0 Å². The first-order valence-electron chi connectivity index (χ1n) is 7.48. The predicted molar refractivity (Wildman–Crippen MR) is 79.0 cm³/mol. The van der Waals surface area contributed by atoms with Crippen LogP contribution in [0.4, 0.5) is 0 Å². The van der Waals surface area contributed by atoms with Gasteiger partial charge in [-0.3, -0.25) is 14.6 Å². The Morgan fingerprint density at radius 2 is 1.68 bits per heavy atom. The van der Waals surface area contributed by atoms with Crippen LogP contribution in [0.15, 0.2) is 0 Å². The van der Waals surface area contributed by atoms with Gasteiger partial charge in [0.2, 0.25) is 5.91 Å². The zero-order chi connectivity index (χ0) is 14.4. The lowest BCUT2D eigenvalue weighted by Crippen LogP contribution is -2.57. The molecule has 2 unspecified atom stereocenters. The molecule has 3 N–H and O–H groups in total. The number of nitrogens with one attached hydrogen (secondary N) is 1. The van der Waals surface area contributed by atoms with Crippen LogP contribution in [0.3, 0.4) is 0 Å². The summed E-state index contributed by atoms with van der Waals surface area (Å²) >= 11 is 0. The first-order valence-corrected chi connectivity index (χ1v) is 7.48. The maximum Gasteiger partial charge on any atom is 0.237 e. The van der Waals surface area contributed by atoms with Crippen LogP contribution >= 0.6 is 0 Å². The number of amides is 1. The van der Waals surface area contributed by atoms with Gasteiger partial charge in [-0.2, -0.15) is 0 Å². The first kappa shape index (κ1) is 16.4. The highest BCUT2D eigenvalue weighted by molar-refractivity contribution is 5.81. The largest absolute Gasteiger partial charge is 0.353 e. The fourth-order valence-corrected chi connectivity index (χ4v) is 2.63. The normalized spacial score (nSPS) is 21.4. The SMILES string of the molecule is CCC(CN)N1CCN(C(C)C(=O)NC(C)C)CC1. The molecule has 1 fully saturated rings. The van der Waals surface area contributed by atoms with E-state index in [1.165, 1.54) is 0 Å². The van der Waals surface area contributed by atoms with Gasteiger partial charge in [0.15, 0.2) is 0 Å². The second kappa shape index (κ2) is 7.82. The summed E-state index contributed by atoms with van der Waals surface area (Å²) in [5.74, 6) is 0.134. The van der Waals surface area contributed by atoms with Gasteiger partial charge in [-0.1, -0.05) is 6.92 Å². The number of carbonyl (C=O) groups excluding carboxylic acids is 1. The molecule has 5 heteroatoms. The van der Waals surface area contributed by atoms with Crippen LogP contribution in [-0.4, -0.2) is 66.6 Å². The van der Waals surface area contributed by atoms with Gasteiger partial charge in [0, 0.05) is 44.8 Å². The standard InChI is InChI=1S/C14H30N4O/c1-5-13(10-15)18-8-6-17(7-9-18)12(4)14(19)16-11(2)3/h11-13H,5-10,15H2,1-4H3,(H,16,19). The van der Waals surface area contributed by atoms with Crippen molar-refractivity contribution in [1.29, 1.82) is 0 Å². The highest BCUT2D eigenvalue weighted by Crippen LogP contribution is 2.11. The van der Waals surface area contributed by atoms with E-state index in [4.69, 9.17) is 5.73 Å². The van der Waals surface area contributed by atoms with E-state index >= 15 is 0 Å². The number of rotatable bonds is 6. The molecule has 1 heterocycles. The van der Waals surface area contributed by atoms with Crippen molar-refractivity contribution in [1.82, 2.24) is 15.1 Å². The smallest absolute Gasteiger partial charge is 0.237 e. The van der Waals surface area contributed by atoms with Gasteiger partial charge < -0.3 is 11.1 Å². The number of piperazine rings is 1. The van der Waals surface area contributed by atoms with E-state index in [1.54, 1.807) is 0 Å². The molecule has 0 aromatic rings. The Morgan fingerprint density at radius 3 is 2.11 bits per heavy atom. The van der Waals surface area contributed by atoms with Crippen LogP contribution in [-0.2, 0) is 4.79 Å². The van der Waals surface area contributed by atoms with Crippen molar-refractivity contribution in [3.63, 3.8) is 0 Å². The van der Waals surface area contributed by atoms with Gasteiger partial charge in [-0.15, -0.1) is 0 Å². The van der Waals surface area contributed by atoms with Gasteiger partial charge in [-0.25, -0.2) is 0 Å². The molecule has 1 saturated heterocycles. The van der Waals surface area contributed by atoms with Crippen molar-refractivity contribution < 1.29 is 4.79 Å². The lowest BCUT2D eigenvalue weighted by molar-refractivity contribution is -0.127. The summed E-state index contributed by atoms with van der Waals surface area (Å²) in [6.07, 6.45) is 1.10. The number of hydrogen-bond donors (Lipinski definition) is 2. The monoisotopic (exact) mass is 270 g/mol. The minimum atomic E-state index is -0.0393. The Kier molecular flexibility index (Phi) is 6.75. The molecule has 0 aromatic carbocycles. The molecule has 0 aromatic heterocycles. The van der Waals surface area contributed by atoms with E-state index < -0.39 is 0 Å². The summed E-state index contributed by atoms with van der Waals surface area (Å²) in [7, 11) is 0. The zero-order valence-electron chi connectivity index (χ0n) is 12.9. The summed E-state index contributed by atoms with van der Waals surface area (Å²) < 4.78 is 0. The molecule has 112 valence electrons. The van der Waals surface area contributed by atoms with E-state index in [9.17, 15) is 4.79 Å². The van der Waals surface area contributed by atoms with Crippen molar-refractivity contribution in [2.75, 3.05) is 32.7 Å². The molecule has 1 aliphatic rings. The fraction of sp³-hybridized carbons (Fsp3) is 0.929. The summed E-state index contributed by atoms with van der Waals surface area (Å²) in [4.78, 5) is 16.7. The average molecular weight is 270 g/mol. The van der Waals surface area contributed by atoms with Gasteiger partial charge in [-0.05, 0) is 27.2 Å². The minimum absolute atomic E-state index is 0.0393. The van der Waals surface area contributed by atoms with Crippen LogP contribution < -0.4 is 11.1 Å². The molecule has 0 saturated carbocycles. The number of hydrogen-bond acceptors (Lipinski definition) is 4. The molecule has 1 aliphatic heterocycles. The van der Waals surface area contributed by atoms with Crippen LogP contribution in [0.25, 0.3) is 0 Å². The highest BCUT2D eigenvalue weighted by Gasteiger charge is 2.27. The lowest BCUT2D eigenvalue weighted by Gasteiger charge is -2.40. The third kappa shape index (κ3) is 4.75. The Labute approximate surface area is 117 Å². The van der Waals surface area contributed by atoms with E-state index in [1.807, 2.05) is 20.8 Å². The molecule has 0 bridgehead atoms. The van der Waals surface area contributed by atoms with Crippen LogP contribution in [0.1, 0.15) is 34.1 Å². The second-order valence-corrected chi connectivity index (χ2v) is 5.71. The summed E-state index contributed by atoms with van der Waals surface area (Å²) in [6, 6.07) is 0.655. The van der Waals surface area contributed by atoms with Crippen molar-refractivity contribution in [2.24, 2.45) is 5.73 Å². The topological polar surface area (TPSA) is 61.6 Å². The Bertz CT molecular complexity index is 271. The molecule has 19 heavy (non-hydrogen) atoms. The molecular formula is C14H30N4O. The Balaban J connectivity index is 2.42.